The van der Waals surface area contributed by atoms with Gasteiger partial charge in [0, 0.05) is 12.1 Å². The van der Waals surface area contributed by atoms with E-state index in [1.807, 2.05) is 0 Å². The third-order valence-electron chi connectivity index (χ3n) is 2.85. The van der Waals surface area contributed by atoms with Gasteiger partial charge in [-0.05, 0) is 24.3 Å². The van der Waals surface area contributed by atoms with E-state index in [4.69, 9.17) is 16.3 Å². The maximum absolute atomic E-state index is 11.6. The van der Waals surface area contributed by atoms with Crippen LogP contribution in [0.3, 0.4) is 0 Å². The third kappa shape index (κ3) is 5.66. The van der Waals surface area contributed by atoms with Crippen molar-refractivity contribution in [2.45, 2.75) is 0 Å². The molecule has 0 aliphatic rings. The summed E-state index contributed by atoms with van der Waals surface area (Å²) in [6, 6.07) is 11.2. The second-order valence-corrected chi connectivity index (χ2v) is 5.05. The Kier molecular flexibility index (Phi) is 6.13. The van der Waals surface area contributed by atoms with Crippen LogP contribution in [0.1, 0.15) is 0 Å². The number of carbonyl (C=O) groups is 2. The van der Waals surface area contributed by atoms with Crippen molar-refractivity contribution < 1.29 is 19.2 Å². The molecule has 25 heavy (non-hydrogen) atoms. The predicted molar refractivity (Wildman–Crippen MR) is 90.3 cm³/mol. The normalized spacial score (nSPS) is 9.80. The minimum atomic E-state index is -0.684. The molecule has 0 aliphatic carbocycles. The fraction of sp³-hybridized carbons (Fsp3) is 0.0667. The van der Waals surface area contributed by atoms with Crippen LogP contribution < -0.4 is 20.9 Å². The number of benzene rings is 2. The summed E-state index contributed by atoms with van der Waals surface area (Å²) in [5, 5.41) is 13.3. The number of nitrogens with zero attached hydrogens (tertiary/aromatic N) is 1. The summed E-state index contributed by atoms with van der Waals surface area (Å²) in [5.74, 6) is -0.339. The van der Waals surface area contributed by atoms with Gasteiger partial charge in [-0.3, -0.25) is 20.3 Å². The number of anilines is 1. The highest BCUT2D eigenvalue weighted by atomic mass is 35.5. The number of hydrazine groups is 1. The van der Waals surface area contributed by atoms with E-state index in [0.717, 1.165) is 0 Å². The van der Waals surface area contributed by atoms with Crippen molar-refractivity contribution >= 4 is 34.9 Å². The molecule has 0 unspecified atom stereocenters. The van der Waals surface area contributed by atoms with Crippen LogP contribution >= 0.6 is 11.6 Å². The number of para-hydroxylation sites is 1. The Hall–Kier alpha value is -3.33. The molecule has 2 rings (SSSR count). The molecule has 2 aromatic carbocycles. The van der Waals surface area contributed by atoms with Gasteiger partial charge in [-0.1, -0.05) is 23.7 Å². The Morgan fingerprint density at radius 3 is 2.40 bits per heavy atom. The summed E-state index contributed by atoms with van der Waals surface area (Å²) in [7, 11) is 0. The van der Waals surface area contributed by atoms with Crippen LogP contribution in [-0.4, -0.2) is 23.5 Å². The summed E-state index contributed by atoms with van der Waals surface area (Å²) < 4.78 is 5.14. The summed E-state index contributed by atoms with van der Waals surface area (Å²) in [4.78, 5) is 33.2. The number of nitro groups is 1. The van der Waals surface area contributed by atoms with Crippen LogP contribution in [0.5, 0.6) is 5.75 Å². The lowest BCUT2D eigenvalue weighted by atomic mass is 10.3. The van der Waals surface area contributed by atoms with Gasteiger partial charge in [-0.2, -0.15) is 0 Å². The summed E-state index contributed by atoms with van der Waals surface area (Å²) in [6.07, 6.45) is 0. The van der Waals surface area contributed by atoms with E-state index < -0.39 is 16.9 Å². The number of ether oxygens (including phenoxy) is 1. The Bertz CT molecular complexity index is 782. The topological polar surface area (TPSA) is 123 Å². The molecule has 10 heteroatoms. The highest BCUT2D eigenvalue weighted by Gasteiger charge is 2.08. The molecule has 0 radical (unpaired) electrons. The average molecular weight is 365 g/mol. The van der Waals surface area contributed by atoms with Crippen LogP contribution in [0.2, 0.25) is 5.02 Å². The third-order valence-corrected chi connectivity index (χ3v) is 3.18. The second kappa shape index (κ2) is 8.50. The number of hydrogen-bond acceptors (Lipinski definition) is 5. The largest absolute Gasteiger partial charge is 0.484 e. The lowest BCUT2D eigenvalue weighted by molar-refractivity contribution is -0.384. The molecule has 0 atom stereocenters. The molecule has 0 spiro atoms. The molecule has 9 nitrogen and oxygen atoms in total. The molecular formula is C15H13ClN4O5. The number of carbonyl (C=O) groups excluding carboxylic acids is 2. The molecule has 2 aromatic rings. The van der Waals surface area contributed by atoms with Crippen molar-refractivity contribution in [3.63, 3.8) is 0 Å². The molecule has 3 amide bonds. The van der Waals surface area contributed by atoms with Crippen LogP contribution in [-0.2, 0) is 4.79 Å². The van der Waals surface area contributed by atoms with Gasteiger partial charge >= 0.3 is 6.03 Å². The van der Waals surface area contributed by atoms with Crippen LogP contribution in [0.25, 0.3) is 0 Å². The van der Waals surface area contributed by atoms with E-state index in [1.165, 1.54) is 24.3 Å². The summed E-state index contributed by atoms with van der Waals surface area (Å²) in [6.45, 7) is -0.385. The fourth-order valence-corrected chi connectivity index (χ4v) is 1.87. The van der Waals surface area contributed by atoms with E-state index in [9.17, 15) is 19.7 Å². The minimum absolute atomic E-state index is 0.0882. The zero-order chi connectivity index (χ0) is 18.2. The van der Waals surface area contributed by atoms with Crippen molar-refractivity contribution in [2.75, 3.05) is 11.9 Å². The van der Waals surface area contributed by atoms with Crippen LogP contribution in [0.15, 0.2) is 48.5 Å². The Morgan fingerprint density at radius 2 is 1.76 bits per heavy atom. The number of amides is 3. The molecule has 0 heterocycles. The average Bonchev–Trinajstić information content (AvgIpc) is 2.60. The number of non-ortho nitro benzene ring substituents is 1. The minimum Gasteiger partial charge on any atom is -0.484 e. The second-order valence-electron chi connectivity index (χ2n) is 4.65. The zero-order valence-electron chi connectivity index (χ0n) is 12.7. The van der Waals surface area contributed by atoms with Gasteiger partial charge < -0.3 is 10.1 Å². The van der Waals surface area contributed by atoms with Gasteiger partial charge in [0.15, 0.2) is 6.61 Å². The molecule has 0 bridgehead atoms. The van der Waals surface area contributed by atoms with E-state index in [1.54, 1.807) is 24.3 Å². The van der Waals surface area contributed by atoms with Gasteiger partial charge in [0.2, 0.25) is 0 Å². The number of rotatable bonds is 5. The molecule has 0 aromatic heterocycles. The molecule has 0 aliphatic heterocycles. The molecule has 0 saturated heterocycles. The fourth-order valence-electron chi connectivity index (χ4n) is 1.69. The van der Waals surface area contributed by atoms with Gasteiger partial charge in [0.1, 0.15) is 5.75 Å². The van der Waals surface area contributed by atoms with Crippen molar-refractivity contribution in [3.05, 3.63) is 63.7 Å². The quantitative estimate of drug-likeness (QED) is 0.555. The first-order chi connectivity index (χ1) is 12.0. The first kappa shape index (κ1) is 18.0. The van der Waals surface area contributed by atoms with Gasteiger partial charge in [-0.25, -0.2) is 10.2 Å². The number of hydrogen-bond donors (Lipinski definition) is 3. The maximum atomic E-state index is 11.6. The highest BCUT2D eigenvalue weighted by molar-refractivity contribution is 6.33. The number of nitrogens with one attached hydrogen (secondary N) is 3. The summed E-state index contributed by atoms with van der Waals surface area (Å²) >= 11 is 5.89. The Morgan fingerprint density at radius 1 is 1.08 bits per heavy atom. The van der Waals surface area contributed by atoms with Gasteiger partial charge in [-0.15, -0.1) is 0 Å². The standard InChI is InChI=1S/C15H13ClN4O5/c16-12-3-1-2-4-13(12)17-15(22)19-18-14(21)9-25-11-7-5-10(6-8-11)20(23)24/h1-8H,9H2,(H,18,21)(H2,17,19,22). The number of nitro benzene ring substituents is 1. The summed E-state index contributed by atoms with van der Waals surface area (Å²) in [5.41, 5.74) is 4.58. The smallest absolute Gasteiger partial charge is 0.337 e. The molecule has 0 saturated carbocycles. The lowest BCUT2D eigenvalue weighted by Gasteiger charge is -2.10. The van der Waals surface area contributed by atoms with Gasteiger partial charge in [0.05, 0.1) is 15.6 Å². The zero-order valence-corrected chi connectivity index (χ0v) is 13.4. The van der Waals surface area contributed by atoms with Crippen molar-refractivity contribution in [3.8, 4) is 5.75 Å². The molecule has 130 valence electrons. The molecule has 3 N–H and O–H groups in total. The maximum Gasteiger partial charge on any atom is 0.337 e. The van der Waals surface area contributed by atoms with Crippen LogP contribution in [0, 0.1) is 10.1 Å². The van der Waals surface area contributed by atoms with Gasteiger partial charge in [0.25, 0.3) is 11.6 Å². The van der Waals surface area contributed by atoms with E-state index >= 15 is 0 Å². The molecular weight excluding hydrogens is 352 g/mol. The van der Waals surface area contributed by atoms with Crippen LogP contribution in [0.4, 0.5) is 16.2 Å². The van der Waals surface area contributed by atoms with E-state index in [-0.39, 0.29) is 18.0 Å². The highest BCUT2D eigenvalue weighted by Crippen LogP contribution is 2.20. The Labute approximate surface area is 147 Å². The van der Waals surface area contributed by atoms with E-state index in [0.29, 0.717) is 10.7 Å². The lowest BCUT2D eigenvalue weighted by Crippen LogP contribution is -2.45. The predicted octanol–water partition coefficient (Wildman–Crippen LogP) is 2.48. The number of halogens is 1. The van der Waals surface area contributed by atoms with Crippen molar-refractivity contribution in [2.24, 2.45) is 0 Å². The SMILES string of the molecule is O=C(COc1ccc([N+](=O)[O-])cc1)NNC(=O)Nc1ccccc1Cl. The van der Waals surface area contributed by atoms with Crippen molar-refractivity contribution in [1.29, 1.82) is 0 Å². The molecule has 0 fully saturated rings. The van der Waals surface area contributed by atoms with Crippen molar-refractivity contribution in [1.82, 2.24) is 10.9 Å². The number of urea groups is 1. The first-order valence-corrected chi connectivity index (χ1v) is 7.31. The monoisotopic (exact) mass is 364 g/mol. The first-order valence-electron chi connectivity index (χ1n) is 6.93. The Balaban J connectivity index is 1.74. The van der Waals surface area contributed by atoms with E-state index in [2.05, 4.69) is 16.2 Å².